The third kappa shape index (κ3) is 3.19. The van der Waals surface area contributed by atoms with Crippen LogP contribution in [0.1, 0.15) is 23.7 Å². The molecule has 0 aliphatic carbocycles. The van der Waals surface area contributed by atoms with Crippen LogP contribution in [0.3, 0.4) is 0 Å². The SMILES string of the molecule is Cc1cc(CC(C)N)ccc1-n1ccc(C(F)(F)F)n1. The van der Waals surface area contributed by atoms with Crippen molar-refractivity contribution < 1.29 is 13.2 Å². The molecule has 1 atom stereocenters. The Morgan fingerprint density at radius 1 is 1.30 bits per heavy atom. The lowest BCUT2D eigenvalue weighted by Gasteiger charge is -2.10. The average Bonchev–Trinajstić information content (AvgIpc) is 2.77. The molecule has 0 amide bonds. The molecule has 3 nitrogen and oxygen atoms in total. The van der Waals surface area contributed by atoms with Gasteiger partial charge in [-0.1, -0.05) is 12.1 Å². The number of aryl methyl sites for hydroxylation is 1. The van der Waals surface area contributed by atoms with Gasteiger partial charge in [0.05, 0.1) is 5.69 Å². The Morgan fingerprint density at radius 2 is 2.00 bits per heavy atom. The van der Waals surface area contributed by atoms with Gasteiger partial charge in [0, 0.05) is 12.2 Å². The largest absolute Gasteiger partial charge is 0.435 e. The first-order chi connectivity index (χ1) is 9.27. The van der Waals surface area contributed by atoms with Crippen LogP contribution < -0.4 is 5.73 Å². The van der Waals surface area contributed by atoms with Crippen LogP contribution in [-0.2, 0) is 12.6 Å². The molecule has 0 saturated carbocycles. The second kappa shape index (κ2) is 5.28. The number of benzene rings is 1. The minimum absolute atomic E-state index is 0.0433. The maximum absolute atomic E-state index is 12.5. The minimum Gasteiger partial charge on any atom is -0.328 e. The summed E-state index contributed by atoms with van der Waals surface area (Å²) in [6.45, 7) is 3.75. The zero-order valence-electron chi connectivity index (χ0n) is 11.3. The number of nitrogens with two attached hydrogens (primary N) is 1. The molecule has 1 unspecified atom stereocenters. The summed E-state index contributed by atoms with van der Waals surface area (Å²) in [6.07, 6.45) is -2.38. The molecule has 108 valence electrons. The predicted molar refractivity (Wildman–Crippen MR) is 70.7 cm³/mol. The van der Waals surface area contributed by atoms with Crippen LogP contribution in [0.4, 0.5) is 13.2 Å². The maximum Gasteiger partial charge on any atom is 0.435 e. The number of rotatable bonds is 3. The molecule has 6 heteroatoms. The molecule has 1 aromatic heterocycles. The highest BCUT2D eigenvalue weighted by Gasteiger charge is 2.33. The van der Waals surface area contributed by atoms with E-state index in [1.807, 2.05) is 26.0 Å². The molecule has 1 heterocycles. The van der Waals surface area contributed by atoms with Gasteiger partial charge in [0.25, 0.3) is 0 Å². The summed E-state index contributed by atoms with van der Waals surface area (Å²) in [4.78, 5) is 0. The lowest BCUT2D eigenvalue weighted by molar-refractivity contribution is -0.141. The summed E-state index contributed by atoms with van der Waals surface area (Å²) in [5.41, 5.74) is 7.39. The summed E-state index contributed by atoms with van der Waals surface area (Å²) in [5.74, 6) is 0. The smallest absolute Gasteiger partial charge is 0.328 e. The first-order valence-electron chi connectivity index (χ1n) is 6.25. The summed E-state index contributed by atoms with van der Waals surface area (Å²) >= 11 is 0. The number of aromatic nitrogens is 2. The number of hydrogen-bond donors (Lipinski definition) is 1. The van der Waals surface area contributed by atoms with Crippen molar-refractivity contribution in [3.63, 3.8) is 0 Å². The number of alkyl halides is 3. The normalized spacial score (nSPS) is 13.5. The van der Waals surface area contributed by atoms with Gasteiger partial charge >= 0.3 is 6.18 Å². The van der Waals surface area contributed by atoms with Crippen molar-refractivity contribution >= 4 is 0 Å². The fourth-order valence-electron chi connectivity index (χ4n) is 2.08. The van der Waals surface area contributed by atoms with Crippen molar-refractivity contribution in [3.05, 3.63) is 47.3 Å². The third-order valence-electron chi connectivity index (χ3n) is 2.95. The summed E-state index contributed by atoms with van der Waals surface area (Å²) in [5, 5.41) is 3.57. The van der Waals surface area contributed by atoms with Gasteiger partial charge in [0.2, 0.25) is 0 Å². The van der Waals surface area contributed by atoms with Crippen molar-refractivity contribution in [1.82, 2.24) is 9.78 Å². The lowest BCUT2D eigenvalue weighted by atomic mass is 10.0. The van der Waals surface area contributed by atoms with Crippen LogP contribution >= 0.6 is 0 Å². The highest BCUT2D eigenvalue weighted by molar-refractivity contribution is 5.42. The topological polar surface area (TPSA) is 43.8 Å². The Balaban J connectivity index is 2.31. The van der Waals surface area contributed by atoms with E-state index < -0.39 is 11.9 Å². The fraction of sp³-hybridized carbons (Fsp3) is 0.357. The Morgan fingerprint density at radius 3 is 2.50 bits per heavy atom. The van der Waals surface area contributed by atoms with Gasteiger partial charge in [-0.05, 0) is 43.5 Å². The molecule has 2 rings (SSSR count). The van der Waals surface area contributed by atoms with Gasteiger partial charge < -0.3 is 5.73 Å². The van der Waals surface area contributed by atoms with Crippen molar-refractivity contribution in [2.24, 2.45) is 5.73 Å². The van der Waals surface area contributed by atoms with E-state index in [0.29, 0.717) is 5.69 Å². The van der Waals surface area contributed by atoms with Gasteiger partial charge in [-0.3, -0.25) is 0 Å². The van der Waals surface area contributed by atoms with E-state index in [9.17, 15) is 13.2 Å². The molecule has 0 fully saturated rings. The highest BCUT2D eigenvalue weighted by atomic mass is 19.4. The first kappa shape index (κ1) is 14.6. The number of halogens is 3. The molecule has 20 heavy (non-hydrogen) atoms. The summed E-state index contributed by atoms with van der Waals surface area (Å²) in [6, 6.07) is 6.56. The Bertz CT molecular complexity index is 600. The molecule has 2 aromatic rings. The van der Waals surface area contributed by atoms with Gasteiger partial charge in [-0.15, -0.1) is 0 Å². The van der Waals surface area contributed by atoms with Gasteiger partial charge in [0.1, 0.15) is 0 Å². The lowest BCUT2D eigenvalue weighted by Crippen LogP contribution is -2.17. The van der Waals surface area contributed by atoms with E-state index in [2.05, 4.69) is 5.10 Å². The second-order valence-corrected chi connectivity index (χ2v) is 4.95. The molecule has 0 aliphatic heterocycles. The quantitative estimate of drug-likeness (QED) is 0.940. The Kier molecular flexibility index (Phi) is 3.85. The zero-order valence-corrected chi connectivity index (χ0v) is 11.3. The van der Waals surface area contributed by atoms with Crippen LogP contribution in [0.2, 0.25) is 0 Å². The second-order valence-electron chi connectivity index (χ2n) is 4.95. The van der Waals surface area contributed by atoms with E-state index in [4.69, 9.17) is 5.73 Å². The fourth-order valence-corrected chi connectivity index (χ4v) is 2.08. The van der Waals surface area contributed by atoms with E-state index in [1.54, 1.807) is 6.07 Å². The molecule has 0 spiro atoms. The Hall–Kier alpha value is -1.82. The summed E-state index contributed by atoms with van der Waals surface area (Å²) < 4.78 is 38.8. The van der Waals surface area contributed by atoms with Crippen LogP contribution in [-0.4, -0.2) is 15.8 Å². The Labute approximate surface area is 115 Å². The molecule has 0 aliphatic rings. The van der Waals surface area contributed by atoms with Crippen molar-refractivity contribution in [3.8, 4) is 5.69 Å². The van der Waals surface area contributed by atoms with Gasteiger partial charge in [-0.25, -0.2) is 4.68 Å². The van der Waals surface area contributed by atoms with Crippen LogP contribution in [0.5, 0.6) is 0 Å². The van der Waals surface area contributed by atoms with Crippen LogP contribution in [0, 0.1) is 6.92 Å². The minimum atomic E-state index is -4.42. The molecule has 2 N–H and O–H groups in total. The maximum atomic E-state index is 12.5. The summed E-state index contributed by atoms with van der Waals surface area (Å²) in [7, 11) is 0. The molecule has 1 aromatic carbocycles. The standard InChI is InChI=1S/C14H16F3N3/c1-9-7-11(8-10(2)18)3-4-12(9)20-6-5-13(19-20)14(15,16)17/h3-7,10H,8,18H2,1-2H3. The number of hydrogen-bond acceptors (Lipinski definition) is 2. The van der Waals surface area contributed by atoms with E-state index >= 15 is 0 Å². The van der Waals surface area contributed by atoms with E-state index in [0.717, 1.165) is 23.6 Å². The van der Waals surface area contributed by atoms with E-state index in [-0.39, 0.29) is 6.04 Å². The first-order valence-corrected chi connectivity index (χ1v) is 6.25. The monoisotopic (exact) mass is 283 g/mol. The van der Waals surface area contributed by atoms with Crippen molar-refractivity contribution in [1.29, 1.82) is 0 Å². The van der Waals surface area contributed by atoms with Gasteiger partial charge in [0.15, 0.2) is 5.69 Å². The average molecular weight is 283 g/mol. The van der Waals surface area contributed by atoms with E-state index in [1.165, 1.54) is 10.9 Å². The number of nitrogens with zero attached hydrogens (tertiary/aromatic N) is 2. The molecular formula is C14H16F3N3. The van der Waals surface area contributed by atoms with Gasteiger partial charge in [-0.2, -0.15) is 18.3 Å². The molecule has 0 bridgehead atoms. The van der Waals surface area contributed by atoms with Crippen LogP contribution in [0.15, 0.2) is 30.5 Å². The van der Waals surface area contributed by atoms with Crippen LogP contribution in [0.25, 0.3) is 5.69 Å². The zero-order chi connectivity index (χ0) is 14.9. The molecule has 0 radical (unpaired) electrons. The molecular weight excluding hydrogens is 267 g/mol. The third-order valence-corrected chi connectivity index (χ3v) is 2.95. The van der Waals surface area contributed by atoms with Crippen molar-refractivity contribution in [2.75, 3.05) is 0 Å². The van der Waals surface area contributed by atoms with Crippen molar-refractivity contribution in [2.45, 2.75) is 32.5 Å². The molecule has 0 saturated heterocycles. The highest BCUT2D eigenvalue weighted by Crippen LogP contribution is 2.28. The predicted octanol–water partition coefficient (Wildman–Crippen LogP) is 3.09.